The molecule has 5 nitrogen and oxygen atoms in total. The normalized spacial score (nSPS) is 21.3. The van der Waals surface area contributed by atoms with E-state index in [1.165, 1.54) is 0 Å². The summed E-state index contributed by atoms with van der Waals surface area (Å²) in [6.45, 7) is 0.302. The van der Waals surface area contributed by atoms with Crippen LogP contribution in [-0.2, 0) is 17.8 Å². The zero-order chi connectivity index (χ0) is 13.1. The molecule has 1 unspecified atom stereocenters. The van der Waals surface area contributed by atoms with Crippen LogP contribution < -0.4 is 0 Å². The molecule has 0 fully saturated rings. The molecule has 1 aliphatic heterocycles. The van der Waals surface area contributed by atoms with Crippen molar-refractivity contribution in [3.05, 3.63) is 35.4 Å². The first-order valence-electron chi connectivity index (χ1n) is 5.94. The van der Waals surface area contributed by atoms with Crippen molar-refractivity contribution in [2.24, 2.45) is 0 Å². The highest BCUT2D eigenvalue weighted by Crippen LogP contribution is 2.23. The molecule has 1 aliphatic rings. The van der Waals surface area contributed by atoms with E-state index < -0.39 is 18.1 Å². The molecule has 18 heavy (non-hydrogen) atoms. The minimum Gasteiger partial charge on any atom is -0.480 e. The Morgan fingerprint density at radius 2 is 2.06 bits per heavy atom. The van der Waals surface area contributed by atoms with Crippen LogP contribution in [0.4, 0.5) is 0 Å². The van der Waals surface area contributed by atoms with Gasteiger partial charge in [-0.2, -0.15) is 0 Å². The summed E-state index contributed by atoms with van der Waals surface area (Å²) < 4.78 is 0. The van der Waals surface area contributed by atoms with E-state index in [1.807, 2.05) is 24.3 Å². The van der Waals surface area contributed by atoms with Crippen molar-refractivity contribution in [2.45, 2.75) is 25.1 Å². The zero-order valence-electron chi connectivity index (χ0n) is 9.99. The lowest BCUT2D eigenvalue weighted by Gasteiger charge is -2.35. The lowest BCUT2D eigenvalue weighted by molar-refractivity contribution is -0.144. The number of hydrogen-bond acceptors (Lipinski definition) is 4. The summed E-state index contributed by atoms with van der Waals surface area (Å²) in [5.41, 5.74) is 2.12. The van der Waals surface area contributed by atoms with E-state index in [1.54, 1.807) is 4.90 Å². The Morgan fingerprint density at radius 1 is 1.39 bits per heavy atom. The van der Waals surface area contributed by atoms with E-state index in [2.05, 4.69) is 0 Å². The third-order valence-corrected chi connectivity index (χ3v) is 3.29. The Hall–Kier alpha value is -1.43. The minimum absolute atomic E-state index is 0.168. The number of carboxylic acids is 1. The summed E-state index contributed by atoms with van der Waals surface area (Å²) >= 11 is 0. The van der Waals surface area contributed by atoms with Crippen LogP contribution in [0.2, 0.25) is 0 Å². The molecule has 2 atom stereocenters. The first kappa shape index (κ1) is 13.0. The summed E-state index contributed by atoms with van der Waals surface area (Å²) in [5, 5.41) is 27.6. The fourth-order valence-corrected chi connectivity index (χ4v) is 2.34. The molecule has 1 heterocycles. The lowest BCUT2D eigenvalue weighted by atomic mass is 9.94. The molecule has 0 aromatic heterocycles. The van der Waals surface area contributed by atoms with E-state index in [9.17, 15) is 15.0 Å². The lowest BCUT2D eigenvalue weighted by Crippen LogP contribution is -2.48. The molecule has 98 valence electrons. The number of fused-ring (bicyclic) bond motifs is 1. The highest BCUT2D eigenvalue weighted by Gasteiger charge is 2.32. The fraction of sp³-hybridized carbons (Fsp3) is 0.462. The van der Waals surface area contributed by atoms with Gasteiger partial charge in [0.15, 0.2) is 0 Å². The van der Waals surface area contributed by atoms with Crippen LogP contribution in [0.25, 0.3) is 0 Å². The Morgan fingerprint density at radius 3 is 2.67 bits per heavy atom. The minimum atomic E-state index is -0.905. The molecular formula is C13H17NO4. The average molecular weight is 251 g/mol. The second kappa shape index (κ2) is 5.48. The fourth-order valence-electron chi connectivity index (χ4n) is 2.34. The van der Waals surface area contributed by atoms with Crippen LogP contribution in [0.1, 0.15) is 11.1 Å². The molecule has 0 radical (unpaired) electrons. The van der Waals surface area contributed by atoms with E-state index in [4.69, 9.17) is 5.11 Å². The smallest absolute Gasteiger partial charge is 0.321 e. The number of carboxylic acid groups (broad SMARTS) is 1. The maximum Gasteiger partial charge on any atom is 0.321 e. The van der Waals surface area contributed by atoms with Gasteiger partial charge in [0.1, 0.15) is 6.04 Å². The summed E-state index contributed by atoms with van der Waals surface area (Å²) in [7, 11) is 0. The van der Waals surface area contributed by atoms with Gasteiger partial charge in [-0.05, 0) is 17.5 Å². The Labute approximate surface area is 105 Å². The highest BCUT2D eigenvalue weighted by atomic mass is 16.4. The van der Waals surface area contributed by atoms with Crippen molar-refractivity contribution in [2.75, 3.05) is 13.2 Å². The highest BCUT2D eigenvalue weighted by molar-refractivity contribution is 5.74. The molecular weight excluding hydrogens is 234 g/mol. The molecule has 0 bridgehead atoms. The molecule has 0 spiro atoms. The quantitative estimate of drug-likeness (QED) is 0.693. The monoisotopic (exact) mass is 251 g/mol. The van der Waals surface area contributed by atoms with E-state index in [0.717, 1.165) is 11.1 Å². The van der Waals surface area contributed by atoms with Crippen LogP contribution in [-0.4, -0.2) is 51.5 Å². The van der Waals surface area contributed by atoms with Gasteiger partial charge in [-0.3, -0.25) is 9.69 Å². The Bertz CT molecular complexity index is 435. The number of rotatable bonds is 4. The van der Waals surface area contributed by atoms with Gasteiger partial charge in [-0.15, -0.1) is 0 Å². The van der Waals surface area contributed by atoms with E-state index in [0.29, 0.717) is 13.0 Å². The molecule has 0 amide bonds. The summed E-state index contributed by atoms with van der Waals surface area (Å²) in [6, 6.07) is 7.08. The second-order valence-corrected chi connectivity index (χ2v) is 4.59. The van der Waals surface area contributed by atoms with Crippen LogP contribution in [0.15, 0.2) is 24.3 Å². The second-order valence-electron chi connectivity index (χ2n) is 4.59. The molecule has 2 rings (SSSR count). The molecule has 5 heteroatoms. The molecule has 0 aliphatic carbocycles. The van der Waals surface area contributed by atoms with Gasteiger partial charge >= 0.3 is 5.97 Å². The van der Waals surface area contributed by atoms with Crippen LogP contribution in [0, 0.1) is 0 Å². The molecule has 0 saturated carbocycles. The predicted octanol–water partition coefficient (Wildman–Crippen LogP) is -0.149. The number of carbonyl (C=O) groups is 1. The van der Waals surface area contributed by atoms with E-state index >= 15 is 0 Å². The van der Waals surface area contributed by atoms with Gasteiger partial charge in [0.25, 0.3) is 0 Å². The van der Waals surface area contributed by atoms with Gasteiger partial charge in [-0.1, -0.05) is 24.3 Å². The summed E-state index contributed by atoms with van der Waals surface area (Å²) in [6.07, 6.45) is -0.471. The largest absolute Gasteiger partial charge is 0.480 e. The summed E-state index contributed by atoms with van der Waals surface area (Å²) in [5.74, 6) is -0.894. The van der Waals surface area contributed by atoms with Crippen molar-refractivity contribution in [3.8, 4) is 0 Å². The van der Waals surface area contributed by atoms with Gasteiger partial charge < -0.3 is 15.3 Å². The van der Waals surface area contributed by atoms with Crippen LogP contribution in [0.5, 0.6) is 0 Å². The predicted molar refractivity (Wildman–Crippen MR) is 65.1 cm³/mol. The number of aliphatic hydroxyl groups excluding tert-OH is 2. The van der Waals surface area contributed by atoms with Crippen molar-refractivity contribution in [1.82, 2.24) is 4.90 Å². The number of aliphatic hydroxyl groups is 2. The Kier molecular flexibility index (Phi) is 3.96. The maximum atomic E-state index is 11.3. The summed E-state index contributed by atoms with van der Waals surface area (Å²) in [4.78, 5) is 13.0. The molecule has 3 N–H and O–H groups in total. The van der Waals surface area contributed by atoms with Crippen molar-refractivity contribution >= 4 is 5.97 Å². The van der Waals surface area contributed by atoms with Crippen molar-refractivity contribution in [3.63, 3.8) is 0 Å². The average Bonchev–Trinajstić information content (AvgIpc) is 2.37. The number of aliphatic carboxylic acids is 1. The molecule has 0 saturated heterocycles. The standard InChI is InChI=1S/C13H17NO4/c15-8-11(16)7-14-6-10-4-2-1-3-9(10)5-12(14)13(17)18/h1-4,11-12,15-16H,5-8H2,(H,17,18)/t11?,12-/m0/s1. The number of hydrogen-bond donors (Lipinski definition) is 3. The SMILES string of the molecule is O=C(O)[C@@H]1Cc2ccccc2CN1CC(O)CO. The third-order valence-electron chi connectivity index (χ3n) is 3.29. The Balaban J connectivity index is 2.20. The molecule has 1 aromatic carbocycles. The number of benzene rings is 1. The maximum absolute atomic E-state index is 11.3. The van der Waals surface area contributed by atoms with Crippen molar-refractivity contribution in [1.29, 1.82) is 0 Å². The van der Waals surface area contributed by atoms with E-state index in [-0.39, 0.29) is 13.2 Å². The van der Waals surface area contributed by atoms with Gasteiger partial charge in [0.2, 0.25) is 0 Å². The first-order valence-corrected chi connectivity index (χ1v) is 5.94. The number of β-amino-alcohol motifs (C(OH)–C–C–N with tert-alkyl or cyclic N) is 1. The zero-order valence-corrected chi connectivity index (χ0v) is 9.99. The van der Waals surface area contributed by atoms with Gasteiger partial charge in [0.05, 0.1) is 12.7 Å². The first-order chi connectivity index (χ1) is 8.61. The number of nitrogens with zero attached hydrogens (tertiary/aromatic N) is 1. The van der Waals surface area contributed by atoms with Crippen LogP contribution in [0.3, 0.4) is 0 Å². The topological polar surface area (TPSA) is 81.0 Å². The van der Waals surface area contributed by atoms with Gasteiger partial charge in [-0.25, -0.2) is 0 Å². The van der Waals surface area contributed by atoms with Gasteiger partial charge in [0, 0.05) is 13.1 Å². The van der Waals surface area contributed by atoms with Crippen LogP contribution >= 0.6 is 0 Å². The van der Waals surface area contributed by atoms with Crippen molar-refractivity contribution < 1.29 is 20.1 Å². The molecule has 1 aromatic rings. The third kappa shape index (κ3) is 2.69.